The topological polar surface area (TPSA) is 64.4 Å². The molecule has 0 fully saturated rings. The number of anilines is 1. The first-order valence-corrected chi connectivity index (χ1v) is 10.6. The van der Waals surface area contributed by atoms with Gasteiger partial charge in [0.1, 0.15) is 11.3 Å². The van der Waals surface area contributed by atoms with E-state index < -0.39 is 0 Å². The largest absolute Gasteiger partial charge is 0.493 e. The number of carbonyl (C=O) groups excluding carboxylic acids is 1. The van der Waals surface area contributed by atoms with E-state index >= 15 is 0 Å². The quantitative estimate of drug-likeness (QED) is 0.355. The van der Waals surface area contributed by atoms with E-state index in [1.54, 1.807) is 36.9 Å². The highest BCUT2D eigenvalue weighted by atomic mass is 16.5. The average Bonchev–Trinajstić information content (AvgIpc) is 3.16. The van der Waals surface area contributed by atoms with Gasteiger partial charge < -0.3 is 14.5 Å². The van der Waals surface area contributed by atoms with Crippen LogP contribution >= 0.6 is 0 Å². The molecule has 5 nitrogen and oxygen atoms in total. The van der Waals surface area contributed by atoms with Crippen molar-refractivity contribution in [2.45, 2.75) is 27.7 Å². The standard InChI is InChI=1S/C27H26N2O3/c1-5-31-25-14-26-23(24(16-32-26)21-9-8-17(2)11-18(21)3)13-22(25)19(4)12-27(30)29-20-7-6-10-28-15-20/h6-16H,5H2,1-4H3,(H,29,30)/b19-12+. The molecule has 4 aromatic rings. The fourth-order valence-electron chi connectivity index (χ4n) is 3.85. The number of hydrogen-bond acceptors (Lipinski definition) is 4. The Kier molecular flexibility index (Phi) is 6.08. The number of pyridine rings is 1. The highest BCUT2D eigenvalue weighted by Crippen LogP contribution is 2.38. The summed E-state index contributed by atoms with van der Waals surface area (Å²) < 4.78 is 11.8. The van der Waals surface area contributed by atoms with Crippen LogP contribution in [0.1, 0.15) is 30.5 Å². The van der Waals surface area contributed by atoms with Crippen LogP contribution in [-0.4, -0.2) is 17.5 Å². The van der Waals surface area contributed by atoms with Crippen molar-refractivity contribution in [3.05, 3.63) is 83.9 Å². The maximum absolute atomic E-state index is 12.6. The van der Waals surface area contributed by atoms with Crippen molar-refractivity contribution < 1.29 is 13.9 Å². The molecule has 0 aliphatic rings. The maximum Gasteiger partial charge on any atom is 0.248 e. The molecule has 4 rings (SSSR count). The Balaban J connectivity index is 1.76. The molecule has 0 saturated carbocycles. The highest BCUT2D eigenvalue weighted by Gasteiger charge is 2.16. The van der Waals surface area contributed by atoms with Crippen molar-refractivity contribution >= 4 is 28.1 Å². The van der Waals surface area contributed by atoms with E-state index in [2.05, 4.69) is 42.3 Å². The van der Waals surface area contributed by atoms with Crippen molar-refractivity contribution in [2.24, 2.45) is 0 Å². The van der Waals surface area contributed by atoms with E-state index in [0.717, 1.165) is 33.2 Å². The zero-order valence-corrected chi connectivity index (χ0v) is 18.7. The Morgan fingerprint density at radius 2 is 2.00 bits per heavy atom. The summed E-state index contributed by atoms with van der Waals surface area (Å²) in [6.45, 7) is 8.54. The second-order valence-electron chi connectivity index (χ2n) is 7.80. The minimum Gasteiger partial charge on any atom is -0.493 e. The van der Waals surface area contributed by atoms with Crippen LogP contribution in [0.3, 0.4) is 0 Å². The molecule has 0 aliphatic carbocycles. The minimum atomic E-state index is -0.222. The number of rotatable bonds is 6. The van der Waals surface area contributed by atoms with Crippen molar-refractivity contribution in [1.82, 2.24) is 4.98 Å². The predicted octanol–water partition coefficient (Wildman–Crippen LogP) is 6.55. The second-order valence-corrected chi connectivity index (χ2v) is 7.80. The molecule has 0 unspecified atom stereocenters. The van der Waals surface area contributed by atoms with E-state index in [-0.39, 0.29) is 5.91 Å². The monoisotopic (exact) mass is 426 g/mol. The molecule has 0 radical (unpaired) electrons. The third kappa shape index (κ3) is 4.42. The molecular weight excluding hydrogens is 400 g/mol. The summed E-state index contributed by atoms with van der Waals surface area (Å²) in [6.07, 6.45) is 6.64. The molecule has 2 aromatic carbocycles. The number of nitrogens with one attached hydrogen (secondary N) is 1. The number of aryl methyl sites for hydroxylation is 2. The molecule has 0 atom stereocenters. The summed E-state index contributed by atoms with van der Waals surface area (Å²) in [5, 5.41) is 3.82. The lowest BCUT2D eigenvalue weighted by molar-refractivity contribution is -0.111. The van der Waals surface area contributed by atoms with Crippen LogP contribution in [0.25, 0.3) is 27.7 Å². The van der Waals surface area contributed by atoms with E-state index in [9.17, 15) is 4.79 Å². The Morgan fingerprint density at radius 1 is 1.16 bits per heavy atom. The van der Waals surface area contributed by atoms with Crippen LogP contribution in [0.5, 0.6) is 5.75 Å². The Hall–Kier alpha value is -3.86. The van der Waals surface area contributed by atoms with Gasteiger partial charge in [0.2, 0.25) is 5.91 Å². The summed E-state index contributed by atoms with van der Waals surface area (Å²) in [7, 11) is 0. The van der Waals surface area contributed by atoms with Gasteiger partial charge in [0.15, 0.2) is 0 Å². The number of ether oxygens (including phenoxy) is 1. The van der Waals surface area contributed by atoms with E-state index in [1.165, 1.54) is 11.1 Å². The number of allylic oxidation sites excluding steroid dienone is 1. The van der Waals surface area contributed by atoms with Gasteiger partial charge in [-0.05, 0) is 62.6 Å². The fraction of sp³-hybridized carbons (Fsp3) is 0.185. The lowest BCUT2D eigenvalue weighted by Gasteiger charge is -2.12. The van der Waals surface area contributed by atoms with Gasteiger partial charge in [-0.1, -0.05) is 23.8 Å². The normalized spacial score (nSPS) is 11.6. The first kappa shape index (κ1) is 21.4. The molecule has 2 heterocycles. The summed E-state index contributed by atoms with van der Waals surface area (Å²) in [5.74, 6) is 0.462. The summed E-state index contributed by atoms with van der Waals surface area (Å²) in [6, 6.07) is 13.9. The highest BCUT2D eigenvalue weighted by molar-refractivity contribution is 6.05. The zero-order valence-electron chi connectivity index (χ0n) is 18.7. The third-order valence-corrected chi connectivity index (χ3v) is 5.35. The van der Waals surface area contributed by atoms with Gasteiger partial charge in [0.25, 0.3) is 0 Å². The number of aromatic nitrogens is 1. The van der Waals surface area contributed by atoms with Gasteiger partial charge in [-0.3, -0.25) is 9.78 Å². The summed E-state index contributed by atoms with van der Waals surface area (Å²) in [5.41, 5.74) is 7.60. The van der Waals surface area contributed by atoms with Gasteiger partial charge >= 0.3 is 0 Å². The summed E-state index contributed by atoms with van der Waals surface area (Å²) in [4.78, 5) is 16.6. The molecule has 162 valence electrons. The lowest BCUT2D eigenvalue weighted by atomic mass is 9.96. The van der Waals surface area contributed by atoms with Gasteiger partial charge in [-0.2, -0.15) is 0 Å². The maximum atomic E-state index is 12.6. The van der Waals surface area contributed by atoms with Crippen molar-refractivity contribution in [2.75, 3.05) is 11.9 Å². The lowest BCUT2D eigenvalue weighted by Crippen LogP contribution is -2.08. The van der Waals surface area contributed by atoms with Gasteiger partial charge in [-0.15, -0.1) is 0 Å². The van der Waals surface area contributed by atoms with E-state index in [1.807, 2.05) is 26.0 Å². The number of nitrogens with zero attached hydrogens (tertiary/aromatic N) is 1. The van der Waals surface area contributed by atoms with Gasteiger partial charge in [0, 0.05) is 34.9 Å². The molecule has 2 aromatic heterocycles. The molecule has 1 N–H and O–H groups in total. The van der Waals surface area contributed by atoms with Crippen LogP contribution in [0.2, 0.25) is 0 Å². The van der Waals surface area contributed by atoms with Crippen LogP contribution in [0.4, 0.5) is 5.69 Å². The first-order chi connectivity index (χ1) is 15.5. The van der Waals surface area contributed by atoms with E-state index in [0.29, 0.717) is 18.0 Å². The molecule has 32 heavy (non-hydrogen) atoms. The van der Waals surface area contributed by atoms with Gasteiger partial charge in [0.05, 0.1) is 24.8 Å². The van der Waals surface area contributed by atoms with Crippen molar-refractivity contribution in [3.8, 4) is 16.9 Å². The number of amides is 1. The Morgan fingerprint density at radius 3 is 2.72 bits per heavy atom. The number of hydrogen-bond donors (Lipinski definition) is 1. The first-order valence-electron chi connectivity index (χ1n) is 10.6. The Bertz CT molecular complexity index is 1300. The number of fused-ring (bicyclic) bond motifs is 1. The van der Waals surface area contributed by atoms with E-state index in [4.69, 9.17) is 9.15 Å². The van der Waals surface area contributed by atoms with Crippen LogP contribution in [0, 0.1) is 13.8 Å². The van der Waals surface area contributed by atoms with Crippen LogP contribution < -0.4 is 10.1 Å². The molecule has 0 bridgehead atoms. The zero-order chi connectivity index (χ0) is 22.7. The average molecular weight is 427 g/mol. The number of benzene rings is 2. The smallest absolute Gasteiger partial charge is 0.248 e. The third-order valence-electron chi connectivity index (χ3n) is 5.35. The molecule has 0 saturated heterocycles. The number of furan rings is 1. The van der Waals surface area contributed by atoms with Crippen LogP contribution in [-0.2, 0) is 4.79 Å². The predicted molar refractivity (Wildman–Crippen MR) is 129 cm³/mol. The minimum absolute atomic E-state index is 0.222. The SMILES string of the molecule is CCOc1cc2occ(-c3ccc(C)cc3C)c2cc1/C(C)=C/C(=O)Nc1cccnc1. The van der Waals surface area contributed by atoms with Gasteiger partial charge in [-0.25, -0.2) is 0 Å². The molecule has 0 aliphatic heterocycles. The summed E-state index contributed by atoms with van der Waals surface area (Å²) >= 11 is 0. The second kappa shape index (κ2) is 9.10. The Labute approximate surface area is 187 Å². The van der Waals surface area contributed by atoms with Crippen LogP contribution in [0.15, 0.2) is 71.6 Å². The fourth-order valence-corrected chi connectivity index (χ4v) is 3.85. The van der Waals surface area contributed by atoms with Crippen molar-refractivity contribution in [3.63, 3.8) is 0 Å². The molecule has 1 amide bonds. The molecule has 0 spiro atoms. The van der Waals surface area contributed by atoms with Crippen molar-refractivity contribution in [1.29, 1.82) is 0 Å². The molecular formula is C27H26N2O3. The number of carbonyl (C=O) groups is 1. The molecule has 5 heteroatoms.